The second-order valence-corrected chi connectivity index (χ2v) is 13.0. The number of ether oxygens (including phenoxy) is 1. The van der Waals surface area contributed by atoms with Crippen molar-refractivity contribution in [2.75, 3.05) is 19.0 Å². The third-order valence-electron chi connectivity index (χ3n) is 9.64. The molecule has 256 valence electrons. The number of nitrogens with one attached hydrogen (secondary N) is 2. The molecule has 11 heteroatoms. The number of ketones is 1. The number of hydrogen-bond donors (Lipinski definition) is 2. The lowest BCUT2D eigenvalue weighted by Gasteiger charge is -2.27. The van der Waals surface area contributed by atoms with Crippen LogP contribution in [0.3, 0.4) is 0 Å². The molecule has 49 heavy (non-hydrogen) atoms. The number of aromatic nitrogens is 3. The smallest absolute Gasteiger partial charge is 0.248 e. The molecule has 0 spiro atoms. The van der Waals surface area contributed by atoms with Crippen molar-refractivity contribution in [3.63, 3.8) is 0 Å². The summed E-state index contributed by atoms with van der Waals surface area (Å²) in [5, 5.41) is 6.16. The molecule has 0 aliphatic heterocycles. The lowest BCUT2D eigenvalue weighted by atomic mass is 9.93. The Kier molecular flexibility index (Phi) is 10.0. The van der Waals surface area contributed by atoms with Crippen LogP contribution in [0.5, 0.6) is 0 Å². The SMILES string of the molecule is CCc1cc(C(=O)c2cc(F)c(NC(=O)/C=C/CNC3CCC(OC)CC3)c(F)c2)n2cccc(-c3c(C)cc4c(nc(C)n4C)c3Cl)c12. The Labute approximate surface area is 289 Å². The molecule has 0 saturated heterocycles. The Morgan fingerprint density at radius 1 is 1.10 bits per heavy atom. The molecule has 1 aliphatic rings. The molecule has 6 rings (SSSR count). The Hall–Kier alpha value is -4.38. The van der Waals surface area contributed by atoms with Gasteiger partial charge in [0.15, 0.2) is 0 Å². The molecular weight excluding hydrogens is 648 g/mol. The zero-order chi connectivity index (χ0) is 35.0. The monoisotopic (exact) mass is 687 g/mol. The number of rotatable bonds is 10. The van der Waals surface area contributed by atoms with Gasteiger partial charge in [-0.25, -0.2) is 13.8 Å². The number of aryl methyl sites for hydroxylation is 4. The number of nitrogens with zero attached hydrogens (tertiary/aromatic N) is 3. The molecule has 5 aromatic rings. The van der Waals surface area contributed by atoms with E-state index in [0.29, 0.717) is 35.7 Å². The molecular formula is C38H40ClF2N5O3. The van der Waals surface area contributed by atoms with Crippen LogP contribution in [0.1, 0.15) is 65.6 Å². The van der Waals surface area contributed by atoms with Crippen LogP contribution < -0.4 is 10.6 Å². The number of carbonyl (C=O) groups is 2. The molecule has 0 unspecified atom stereocenters. The van der Waals surface area contributed by atoms with Crippen molar-refractivity contribution in [2.24, 2.45) is 7.05 Å². The Morgan fingerprint density at radius 2 is 1.82 bits per heavy atom. The number of benzene rings is 2. The Morgan fingerprint density at radius 3 is 2.49 bits per heavy atom. The summed E-state index contributed by atoms with van der Waals surface area (Å²) in [5.74, 6) is -2.49. The molecule has 1 aliphatic carbocycles. The number of fused-ring (bicyclic) bond motifs is 2. The van der Waals surface area contributed by atoms with Crippen LogP contribution in [0.2, 0.25) is 5.02 Å². The zero-order valence-electron chi connectivity index (χ0n) is 28.3. The van der Waals surface area contributed by atoms with Gasteiger partial charge in [0.05, 0.1) is 27.9 Å². The van der Waals surface area contributed by atoms with Gasteiger partial charge in [0.25, 0.3) is 0 Å². The molecule has 8 nitrogen and oxygen atoms in total. The lowest BCUT2D eigenvalue weighted by molar-refractivity contribution is -0.112. The molecule has 0 atom stereocenters. The number of imidazole rings is 1. The van der Waals surface area contributed by atoms with Crippen molar-refractivity contribution in [1.82, 2.24) is 19.3 Å². The van der Waals surface area contributed by atoms with Gasteiger partial charge in [-0.15, -0.1) is 0 Å². The highest BCUT2D eigenvalue weighted by atomic mass is 35.5. The maximum atomic E-state index is 15.3. The fourth-order valence-electron chi connectivity index (χ4n) is 6.88. The lowest BCUT2D eigenvalue weighted by Crippen LogP contribution is -2.35. The van der Waals surface area contributed by atoms with Gasteiger partial charge in [-0.2, -0.15) is 0 Å². The van der Waals surface area contributed by atoms with Gasteiger partial charge in [-0.1, -0.05) is 30.7 Å². The van der Waals surface area contributed by atoms with Crippen LogP contribution in [0, 0.1) is 25.5 Å². The Bertz CT molecular complexity index is 2090. The van der Waals surface area contributed by atoms with E-state index in [1.54, 1.807) is 29.8 Å². The number of anilines is 1. The van der Waals surface area contributed by atoms with Crippen LogP contribution in [0.25, 0.3) is 27.7 Å². The highest BCUT2D eigenvalue weighted by Crippen LogP contribution is 2.40. The van der Waals surface area contributed by atoms with E-state index < -0.39 is 29.0 Å². The minimum absolute atomic E-state index is 0.178. The van der Waals surface area contributed by atoms with Crippen molar-refractivity contribution in [2.45, 2.75) is 65.0 Å². The van der Waals surface area contributed by atoms with Crippen molar-refractivity contribution in [3.05, 3.63) is 99.6 Å². The first kappa shape index (κ1) is 34.5. The number of carbonyl (C=O) groups excluding carboxylic acids is 2. The van der Waals surface area contributed by atoms with E-state index in [1.807, 2.05) is 50.6 Å². The fourth-order valence-corrected chi connectivity index (χ4v) is 7.27. The molecule has 0 radical (unpaired) electrons. The van der Waals surface area contributed by atoms with Crippen LogP contribution in [-0.2, 0) is 23.0 Å². The van der Waals surface area contributed by atoms with Crippen molar-refractivity contribution in [3.8, 4) is 11.1 Å². The third-order valence-corrected chi connectivity index (χ3v) is 10.0. The first-order valence-electron chi connectivity index (χ1n) is 16.5. The summed E-state index contributed by atoms with van der Waals surface area (Å²) >= 11 is 7.01. The minimum atomic E-state index is -1.04. The van der Waals surface area contributed by atoms with E-state index in [0.717, 1.165) is 76.9 Å². The molecule has 1 fully saturated rings. The summed E-state index contributed by atoms with van der Waals surface area (Å²) in [7, 11) is 3.67. The number of amides is 1. The highest BCUT2D eigenvalue weighted by Gasteiger charge is 2.25. The summed E-state index contributed by atoms with van der Waals surface area (Å²) in [6.45, 7) is 6.34. The summed E-state index contributed by atoms with van der Waals surface area (Å²) in [4.78, 5) is 31.0. The number of hydrogen-bond acceptors (Lipinski definition) is 5. The average molecular weight is 688 g/mol. The number of methoxy groups -OCH3 is 1. The van der Waals surface area contributed by atoms with Gasteiger partial charge in [-0.05, 0) is 87.4 Å². The molecule has 3 heterocycles. The summed E-state index contributed by atoms with van der Waals surface area (Å²) in [6, 6.07) is 9.81. The van der Waals surface area contributed by atoms with Crippen LogP contribution >= 0.6 is 11.6 Å². The van der Waals surface area contributed by atoms with Gasteiger partial charge in [0.2, 0.25) is 11.7 Å². The predicted molar refractivity (Wildman–Crippen MR) is 190 cm³/mol. The van der Waals surface area contributed by atoms with Crippen molar-refractivity contribution < 1.29 is 23.1 Å². The molecule has 2 aromatic carbocycles. The van der Waals surface area contributed by atoms with E-state index in [-0.39, 0.29) is 11.3 Å². The predicted octanol–water partition coefficient (Wildman–Crippen LogP) is 7.88. The van der Waals surface area contributed by atoms with Gasteiger partial charge >= 0.3 is 0 Å². The second-order valence-electron chi connectivity index (χ2n) is 12.7. The van der Waals surface area contributed by atoms with E-state index in [9.17, 15) is 9.59 Å². The molecule has 2 N–H and O–H groups in total. The first-order chi connectivity index (χ1) is 23.5. The summed E-state index contributed by atoms with van der Waals surface area (Å²) < 4.78 is 39.7. The molecule has 3 aromatic heterocycles. The number of pyridine rings is 1. The maximum Gasteiger partial charge on any atom is 0.248 e. The quantitative estimate of drug-likeness (QED) is 0.115. The van der Waals surface area contributed by atoms with Gasteiger partial charge in [-0.3, -0.25) is 9.59 Å². The van der Waals surface area contributed by atoms with Crippen LogP contribution in [0.4, 0.5) is 14.5 Å². The van der Waals surface area contributed by atoms with Crippen LogP contribution in [-0.4, -0.2) is 51.4 Å². The van der Waals surface area contributed by atoms with E-state index in [4.69, 9.17) is 16.3 Å². The van der Waals surface area contributed by atoms with Crippen LogP contribution in [0.15, 0.2) is 54.7 Å². The van der Waals surface area contributed by atoms with Gasteiger partial charge < -0.3 is 24.3 Å². The average Bonchev–Trinajstić information content (AvgIpc) is 3.61. The number of halogens is 3. The van der Waals surface area contributed by atoms with E-state index >= 15 is 8.78 Å². The normalized spacial score (nSPS) is 16.7. The van der Waals surface area contributed by atoms with E-state index in [1.165, 1.54) is 6.08 Å². The Balaban J connectivity index is 1.24. The van der Waals surface area contributed by atoms with Crippen molar-refractivity contribution >= 4 is 45.5 Å². The zero-order valence-corrected chi connectivity index (χ0v) is 29.0. The topological polar surface area (TPSA) is 89.7 Å². The summed E-state index contributed by atoms with van der Waals surface area (Å²) in [6.07, 6.45) is 9.43. The summed E-state index contributed by atoms with van der Waals surface area (Å²) in [5.41, 5.74) is 5.30. The van der Waals surface area contributed by atoms with Gasteiger partial charge in [0, 0.05) is 55.7 Å². The standard InChI is InChI=1S/C38H40ClF2N5O3/c1-6-23-20-31(46-16-8-9-27(37(23)46)33-21(2)17-30-36(34(33)39)43-22(3)45(30)4)38(48)24-18-28(40)35(29(41)19-24)44-32(47)10-7-15-42-25-11-13-26(49-5)14-12-25/h7-10,16-20,25-26,42H,6,11-15H2,1-5H3,(H,44,47)/b10-7+. The molecule has 1 amide bonds. The second kappa shape index (κ2) is 14.2. The third kappa shape index (κ3) is 6.65. The van der Waals surface area contributed by atoms with E-state index in [2.05, 4.69) is 15.6 Å². The largest absolute Gasteiger partial charge is 0.381 e. The highest BCUT2D eigenvalue weighted by molar-refractivity contribution is 6.38. The molecule has 0 bridgehead atoms. The minimum Gasteiger partial charge on any atom is -0.381 e. The fraction of sp³-hybridized carbons (Fsp3) is 0.342. The first-order valence-corrected chi connectivity index (χ1v) is 16.9. The molecule has 1 saturated carbocycles. The van der Waals surface area contributed by atoms with Gasteiger partial charge in [0.1, 0.15) is 28.7 Å². The maximum absolute atomic E-state index is 15.3. The van der Waals surface area contributed by atoms with Crippen molar-refractivity contribution in [1.29, 1.82) is 0 Å².